The molecular weight excluding hydrogens is 176 g/mol. The van der Waals surface area contributed by atoms with E-state index in [1.807, 2.05) is 4.90 Å². The molecule has 1 rings (SSSR count). The largest absolute Gasteiger partial charge is 0.342 e. The van der Waals surface area contributed by atoms with Gasteiger partial charge in [0.1, 0.15) is 0 Å². The third kappa shape index (κ3) is 3.92. The SMILES string of the molecule is CC(C)=CCNCC(=O)N1CCCC1. The lowest BCUT2D eigenvalue weighted by Gasteiger charge is -2.14. The van der Waals surface area contributed by atoms with Crippen molar-refractivity contribution in [3.63, 3.8) is 0 Å². The number of nitrogens with one attached hydrogen (secondary N) is 1. The lowest BCUT2D eigenvalue weighted by atomic mass is 10.3. The summed E-state index contributed by atoms with van der Waals surface area (Å²) in [6.07, 6.45) is 4.43. The topological polar surface area (TPSA) is 32.3 Å². The second kappa shape index (κ2) is 5.81. The second-order valence-electron chi connectivity index (χ2n) is 4.00. The van der Waals surface area contributed by atoms with Gasteiger partial charge < -0.3 is 10.2 Å². The minimum absolute atomic E-state index is 0.240. The number of likely N-dealkylation sites (tertiary alicyclic amines) is 1. The zero-order chi connectivity index (χ0) is 10.4. The third-order valence-corrected chi connectivity index (χ3v) is 2.39. The second-order valence-corrected chi connectivity index (χ2v) is 4.00. The van der Waals surface area contributed by atoms with Crippen molar-refractivity contribution in [1.29, 1.82) is 0 Å². The highest BCUT2D eigenvalue weighted by molar-refractivity contribution is 5.78. The predicted molar refractivity (Wildman–Crippen MR) is 58.1 cm³/mol. The molecule has 0 spiro atoms. The van der Waals surface area contributed by atoms with Gasteiger partial charge in [-0.05, 0) is 26.7 Å². The Morgan fingerprint density at radius 1 is 1.36 bits per heavy atom. The number of carbonyl (C=O) groups excluding carboxylic acids is 1. The number of nitrogens with zero attached hydrogens (tertiary/aromatic N) is 1. The van der Waals surface area contributed by atoms with E-state index in [4.69, 9.17) is 0 Å². The highest BCUT2D eigenvalue weighted by Crippen LogP contribution is 2.06. The van der Waals surface area contributed by atoms with Crippen LogP contribution >= 0.6 is 0 Å². The highest BCUT2D eigenvalue weighted by Gasteiger charge is 2.16. The first kappa shape index (κ1) is 11.2. The molecule has 0 aromatic rings. The van der Waals surface area contributed by atoms with E-state index in [-0.39, 0.29) is 5.91 Å². The molecule has 0 atom stereocenters. The average Bonchev–Trinajstić information content (AvgIpc) is 2.64. The Kier molecular flexibility index (Phi) is 4.66. The van der Waals surface area contributed by atoms with E-state index in [2.05, 4.69) is 25.2 Å². The molecule has 1 saturated heterocycles. The van der Waals surface area contributed by atoms with Gasteiger partial charge in [0.15, 0.2) is 0 Å². The predicted octanol–water partition coefficient (Wildman–Crippen LogP) is 1.16. The van der Waals surface area contributed by atoms with Gasteiger partial charge in [-0.2, -0.15) is 0 Å². The van der Waals surface area contributed by atoms with Crippen LogP contribution in [-0.2, 0) is 4.79 Å². The number of allylic oxidation sites excluding steroid dienone is 1. The summed E-state index contributed by atoms with van der Waals surface area (Å²) in [4.78, 5) is 13.5. The van der Waals surface area contributed by atoms with E-state index in [1.165, 1.54) is 18.4 Å². The van der Waals surface area contributed by atoms with Gasteiger partial charge >= 0.3 is 0 Å². The Bertz CT molecular complexity index is 213. The third-order valence-electron chi connectivity index (χ3n) is 2.39. The summed E-state index contributed by atoms with van der Waals surface area (Å²) in [6.45, 7) is 7.28. The van der Waals surface area contributed by atoms with E-state index in [9.17, 15) is 4.79 Å². The van der Waals surface area contributed by atoms with E-state index in [0.29, 0.717) is 6.54 Å². The van der Waals surface area contributed by atoms with Crippen LogP contribution in [0, 0.1) is 0 Å². The van der Waals surface area contributed by atoms with Gasteiger partial charge in [0, 0.05) is 19.6 Å². The molecule has 14 heavy (non-hydrogen) atoms. The van der Waals surface area contributed by atoms with Gasteiger partial charge in [-0.15, -0.1) is 0 Å². The van der Waals surface area contributed by atoms with E-state index in [0.717, 1.165) is 19.6 Å². The van der Waals surface area contributed by atoms with Crippen LogP contribution in [0.25, 0.3) is 0 Å². The Morgan fingerprint density at radius 2 is 2.00 bits per heavy atom. The van der Waals surface area contributed by atoms with Gasteiger partial charge in [0.2, 0.25) is 5.91 Å². The summed E-state index contributed by atoms with van der Waals surface area (Å²) in [5.74, 6) is 0.240. The fourth-order valence-corrected chi connectivity index (χ4v) is 1.53. The van der Waals surface area contributed by atoms with Crippen LogP contribution in [0.5, 0.6) is 0 Å². The number of amides is 1. The first-order valence-corrected chi connectivity index (χ1v) is 5.32. The van der Waals surface area contributed by atoms with Crippen LogP contribution in [0.1, 0.15) is 26.7 Å². The van der Waals surface area contributed by atoms with E-state index in [1.54, 1.807) is 0 Å². The van der Waals surface area contributed by atoms with Crippen LogP contribution in [0.4, 0.5) is 0 Å². The van der Waals surface area contributed by atoms with Crippen molar-refractivity contribution in [1.82, 2.24) is 10.2 Å². The summed E-state index contributed by atoms with van der Waals surface area (Å²) in [5, 5.41) is 3.13. The summed E-state index contributed by atoms with van der Waals surface area (Å²) in [6, 6.07) is 0. The normalized spacial score (nSPS) is 15.7. The van der Waals surface area contributed by atoms with Gasteiger partial charge in [-0.1, -0.05) is 11.6 Å². The fraction of sp³-hybridized carbons (Fsp3) is 0.727. The smallest absolute Gasteiger partial charge is 0.236 e. The molecule has 1 aliphatic rings. The number of hydrogen-bond donors (Lipinski definition) is 1. The summed E-state index contributed by atoms with van der Waals surface area (Å²) in [5.41, 5.74) is 1.28. The summed E-state index contributed by atoms with van der Waals surface area (Å²) >= 11 is 0. The molecule has 80 valence electrons. The zero-order valence-corrected chi connectivity index (χ0v) is 9.18. The summed E-state index contributed by atoms with van der Waals surface area (Å²) < 4.78 is 0. The van der Waals surface area contributed by atoms with E-state index >= 15 is 0 Å². The van der Waals surface area contributed by atoms with E-state index < -0.39 is 0 Å². The van der Waals surface area contributed by atoms with Crippen molar-refractivity contribution >= 4 is 5.91 Å². The lowest BCUT2D eigenvalue weighted by Crippen LogP contribution is -2.36. The monoisotopic (exact) mass is 196 g/mol. The van der Waals surface area contributed by atoms with Gasteiger partial charge in [-0.25, -0.2) is 0 Å². The molecule has 1 fully saturated rings. The molecule has 1 aliphatic heterocycles. The molecular formula is C11H20N2O. The minimum atomic E-state index is 0.240. The van der Waals surface area contributed by atoms with Crippen molar-refractivity contribution in [3.8, 4) is 0 Å². The first-order chi connectivity index (χ1) is 6.70. The van der Waals surface area contributed by atoms with Crippen LogP contribution in [0.2, 0.25) is 0 Å². The maximum atomic E-state index is 11.5. The fourth-order valence-electron chi connectivity index (χ4n) is 1.53. The molecule has 1 heterocycles. The van der Waals surface area contributed by atoms with Gasteiger partial charge in [-0.3, -0.25) is 4.79 Å². The molecule has 1 N–H and O–H groups in total. The molecule has 0 unspecified atom stereocenters. The number of hydrogen-bond acceptors (Lipinski definition) is 2. The van der Waals surface area contributed by atoms with Crippen molar-refractivity contribution < 1.29 is 4.79 Å². The Hall–Kier alpha value is -0.830. The lowest BCUT2D eigenvalue weighted by molar-refractivity contribution is -0.129. The maximum absolute atomic E-state index is 11.5. The highest BCUT2D eigenvalue weighted by atomic mass is 16.2. The standard InChI is InChI=1S/C11H20N2O/c1-10(2)5-6-12-9-11(14)13-7-3-4-8-13/h5,12H,3-4,6-9H2,1-2H3. The van der Waals surface area contributed by atoms with Gasteiger partial charge in [0.05, 0.1) is 6.54 Å². The molecule has 0 aromatic carbocycles. The van der Waals surface area contributed by atoms with Crippen LogP contribution in [0.3, 0.4) is 0 Å². The van der Waals surface area contributed by atoms with Crippen molar-refractivity contribution in [3.05, 3.63) is 11.6 Å². The Labute approximate surface area is 86.2 Å². The maximum Gasteiger partial charge on any atom is 0.236 e. The molecule has 0 aromatic heterocycles. The van der Waals surface area contributed by atoms with Crippen molar-refractivity contribution in [2.45, 2.75) is 26.7 Å². The number of carbonyl (C=O) groups is 1. The molecule has 0 bridgehead atoms. The molecule has 3 nitrogen and oxygen atoms in total. The molecule has 3 heteroatoms. The first-order valence-electron chi connectivity index (χ1n) is 5.32. The quantitative estimate of drug-likeness (QED) is 0.540. The number of rotatable bonds is 4. The van der Waals surface area contributed by atoms with Gasteiger partial charge in [0.25, 0.3) is 0 Å². The summed E-state index contributed by atoms with van der Waals surface area (Å²) in [7, 11) is 0. The molecule has 0 radical (unpaired) electrons. The van der Waals surface area contributed by atoms with Crippen molar-refractivity contribution in [2.75, 3.05) is 26.2 Å². The zero-order valence-electron chi connectivity index (χ0n) is 9.18. The Morgan fingerprint density at radius 3 is 2.57 bits per heavy atom. The average molecular weight is 196 g/mol. The van der Waals surface area contributed by atoms with Crippen LogP contribution in [0.15, 0.2) is 11.6 Å². The molecule has 1 amide bonds. The molecule has 0 saturated carbocycles. The Balaban J connectivity index is 2.11. The molecule has 0 aliphatic carbocycles. The van der Waals surface area contributed by atoms with Crippen LogP contribution in [-0.4, -0.2) is 37.0 Å². The minimum Gasteiger partial charge on any atom is -0.342 e. The van der Waals surface area contributed by atoms with Crippen LogP contribution < -0.4 is 5.32 Å². The van der Waals surface area contributed by atoms with Crippen molar-refractivity contribution in [2.24, 2.45) is 0 Å².